The highest BCUT2D eigenvalue weighted by atomic mass is 16.1. The van der Waals surface area contributed by atoms with Crippen molar-refractivity contribution >= 4 is 17.9 Å². The van der Waals surface area contributed by atoms with Gasteiger partial charge in [-0.05, 0) is 24.3 Å². The number of nitrogens with one attached hydrogen (secondary N) is 1. The number of aldehydes is 1. The van der Waals surface area contributed by atoms with Gasteiger partial charge in [0.25, 0.3) is 0 Å². The van der Waals surface area contributed by atoms with E-state index in [0.717, 1.165) is 6.29 Å². The van der Waals surface area contributed by atoms with Crippen molar-refractivity contribution in [3.8, 4) is 0 Å². The SMILES string of the molecule is CC(=O)Nc1ccc(C=O)cc1.N. The van der Waals surface area contributed by atoms with E-state index in [0.29, 0.717) is 11.3 Å². The number of benzene rings is 1. The summed E-state index contributed by atoms with van der Waals surface area (Å²) in [6, 6.07) is 6.67. The van der Waals surface area contributed by atoms with E-state index >= 15 is 0 Å². The van der Waals surface area contributed by atoms with Crippen molar-refractivity contribution in [2.24, 2.45) is 0 Å². The largest absolute Gasteiger partial charge is 0.344 e. The highest BCUT2D eigenvalue weighted by molar-refractivity contribution is 5.89. The first-order valence-electron chi connectivity index (χ1n) is 3.55. The Morgan fingerprint density at radius 2 is 1.85 bits per heavy atom. The summed E-state index contributed by atoms with van der Waals surface area (Å²) >= 11 is 0. The van der Waals surface area contributed by atoms with Gasteiger partial charge in [0.2, 0.25) is 5.91 Å². The van der Waals surface area contributed by atoms with Crippen LogP contribution in [0.5, 0.6) is 0 Å². The van der Waals surface area contributed by atoms with Crippen LogP contribution in [0.25, 0.3) is 0 Å². The Kier molecular flexibility index (Phi) is 4.40. The summed E-state index contributed by atoms with van der Waals surface area (Å²) in [6.07, 6.45) is 0.761. The third-order valence-corrected chi connectivity index (χ3v) is 1.37. The maximum absolute atomic E-state index is 10.6. The molecule has 4 nitrogen and oxygen atoms in total. The maximum Gasteiger partial charge on any atom is 0.221 e. The molecule has 0 radical (unpaired) electrons. The minimum atomic E-state index is -0.117. The van der Waals surface area contributed by atoms with Gasteiger partial charge >= 0.3 is 0 Å². The van der Waals surface area contributed by atoms with Crippen molar-refractivity contribution in [1.29, 1.82) is 0 Å². The molecular weight excluding hydrogens is 168 g/mol. The topological polar surface area (TPSA) is 81.2 Å². The second-order valence-corrected chi connectivity index (χ2v) is 2.42. The number of amides is 1. The predicted molar refractivity (Wildman–Crippen MR) is 51.2 cm³/mol. The maximum atomic E-state index is 10.6. The molecule has 0 aliphatic carbocycles. The molecular formula is C9H12N2O2. The zero-order chi connectivity index (χ0) is 8.97. The first-order valence-corrected chi connectivity index (χ1v) is 3.55. The number of hydrogen-bond donors (Lipinski definition) is 2. The normalized spacial score (nSPS) is 8.38. The number of carbonyl (C=O) groups excluding carboxylic acids is 2. The Balaban J connectivity index is 0.00000144. The molecule has 1 aromatic carbocycles. The number of anilines is 1. The summed E-state index contributed by atoms with van der Waals surface area (Å²) in [5.74, 6) is -0.117. The van der Waals surface area contributed by atoms with Crippen molar-refractivity contribution in [3.63, 3.8) is 0 Å². The van der Waals surface area contributed by atoms with Gasteiger partial charge in [-0.25, -0.2) is 0 Å². The molecule has 0 aliphatic rings. The smallest absolute Gasteiger partial charge is 0.221 e. The molecule has 0 unspecified atom stereocenters. The molecule has 4 heteroatoms. The van der Waals surface area contributed by atoms with Gasteiger partial charge in [-0.15, -0.1) is 0 Å². The molecule has 4 N–H and O–H groups in total. The fourth-order valence-electron chi connectivity index (χ4n) is 0.848. The van der Waals surface area contributed by atoms with Gasteiger partial charge in [-0.2, -0.15) is 0 Å². The van der Waals surface area contributed by atoms with Crippen LogP contribution in [-0.4, -0.2) is 12.2 Å². The van der Waals surface area contributed by atoms with Crippen molar-refractivity contribution in [2.75, 3.05) is 5.32 Å². The van der Waals surface area contributed by atoms with E-state index in [1.807, 2.05) is 0 Å². The molecule has 0 spiro atoms. The van der Waals surface area contributed by atoms with Crippen molar-refractivity contribution in [2.45, 2.75) is 6.92 Å². The first kappa shape index (κ1) is 11.3. The molecule has 1 aromatic rings. The fraction of sp³-hybridized carbons (Fsp3) is 0.111. The van der Waals surface area contributed by atoms with Gasteiger partial charge in [-0.3, -0.25) is 9.59 Å². The molecule has 0 saturated heterocycles. The number of hydrogen-bond acceptors (Lipinski definition) is 3. The minimum Gasteiger partial charge on any atom is -0.344 e. The summed E-state index contributed by atoms with van der Waals surface area (Å²) in [5.41, 5.74) is 1.30. The lowest BCUT2D eigenvalue weighted by Crippen LogP contribution is -2.05. The second kappa shape index (κ2) is 5.05. The van der Waals surface area contributed by atoms with E-state index in [1.54, 1.807) is 24.3 Å². The van der Waals surface area contributed by atoms with Crippen LogP contribution in [0.2, 0.25) is 0 Å². The lowest BCUT2D eigenvalue weighted by molar-refractivity contribution is -0.114. The summed E-state index contributed by atoms with van der Waals surface area (Å²) in [6.45, 7) is 1.44. The molecule has 1 rings (SSSR count). The van der Waals surface area contributed by atoms with Gasteiger partial charge in [0, 0.05) is 18.2 Å². The molecule has 0 aromatic heterocycles. The quantitative estimate of drug-likeness (QED) is 0.678. The van der Waals surface area contributed by atoms with Gasteiger partial charge in [0.1, 0.15) is 6.29 Å². The molecule has 13 heavy (non-hydrogen) atoms. The lowest BCUT2D eigenvalue weighted by atomic mass is 10.2. The molecule has 0 fully saturated rings. The van der Waals surface area contributed by atoms with Gasteiger partial charge in [-0.1, -0.05) is 0 Å². The van der Waals surface area contributed by atoms with Crippen molar-refractivity contribution in [3.05, 3.63) is 29.8 Å². The van der Waals surface area contributed by atoms with Crippen LogP contribution in [0.1, 0.15) is 17.3 Å². The van der Waals surface area contributed by atoms with E-state index in [9.17, 15) is 9.59 Å². The highest BCUT2D eigenvalue weighted by Gasteiger charge is 1.94. The minimum absolute atomic E-state index is 0. The first-order chi connectivity index (χ1) is 5.72. The van der Waals surface area contributed by atoms with Crippen molar-refractivity contribution < 1.29 is 9.59 Å². The molecule has 1 amide bonds. The van der Waals surface area contributed by atoms with Gasteiger partial charge < -0.3 is 11.5 Å². The number of carbonyl (C=O) groups is 2. The van der Waals surface area contributed by atoms with Crippen LogP contribution < -0.4 is 11.5 Å². The summed E-state index contributed by atoms with van der Waals surface area (Å²) in [5, 5.41) is 2.60. The Bertz CT molecular complexity index is 293. The predicted octanol–water partition coefficient (Wildman–Crippen LogP) is 1.62. The standard InChI is InChI=1S/C9H9NO2.H3N/c1-7(12)10-9-4-2-8(6-11)3-5-9;/h2-6H,1H3,(H,10,12);1H3. The van der Waals surface area contributed by atoms with E-state index in [-0.39, 0.29) is 12.1 Å². The van der Waals surface area contributed by atoms with Gasteiger partial charge in [0.05, 0.1) is 0 Å². The number of rotatable bonds is 2. The third kappa shape index (κ3) is 3.48. The van der Waals surface area contributed by atoms with Gasteiger partial charge in [0.15, 0.2) is 0 Å². The highest BCUT2D eigenvalue weighted by Crippen LogP contribution is 2.07. The van der Waals surface area contributed by atoms with Crippen LogP contribution in [0.3, 0.4) is 0 Å². The average Bonchev–Trinajstić information content (AvgIpc) is 2.05. The fourth-order valence-corrected chi connectivity index (χ4v) is 0.848. The van der Waals surface area contributed by atoms with Crippen LogP contribution in [0.4, 0.5) is 5.69 Å². The Hall–Kier alpha value is -1.68. The molecule has 0 aliphatic heterocycles. The van der Waals surface area contributed by atoms with Crippen LogP contribution >= 0.6 is 0 Å². The zero-order valence-electron chi connectivity index (χ0n) is 7.41. The molecule has 0 saturated carbocycles. The second-order valence-electron chi connectivity index (χ2n) is 2.42. The molecule has 0 bridgehead atoms. The summed E-state index contributed by atoms with van der Waals surface area (Å²) in [7, 11) is 0. The Morgan fingerprint density at radius 1 is 1.31 bits per heavy atom. The van der Waals surface area contributed by atoms with E-state index in [4.69, 9.17) is 0 Å². The zero-order valence-corrected chi connectivity index (χ0v) is 7.41. The van der Waals surface area contributed by atoms with E-state index in [1.165, 1.54) is 6.92 Å². The molecule has 0 atom stereocenters. The lowest BCUT2D eigenvalue weighted by Gasteiger charge is -2.00. The summed E-state index contributed by atoms with van der Waals surface area (Å²) < 4.78 is 0. The molecule has 0 heterocycles. The average molecular weight is 180 g/mol. The molecule has 70 valence electrons. The van der Waals surface area contributed by atoms with E-state index < -0.39 is 0 Å². The third-order valence-electron chi connectivity index (χ3n) is 1.37. The van der Waals surface area contributed by atoms with E-state index in [2.05, 4.69) is 5.32 Å². The summed E-state index contributed by atoms with van der Waals surface area (Å²) in [4.78, 5) is 20.8. The van der Waals surface area contributed by atoms with Crippen LogP contribution in [0, 0.1) is 0 Å². The Labute approximate surface area is 76.5 Å². The van der Waals surface area contributed by atoms with Crippen LogP contribution in [0.15, 0.2) is 24.3 Å². The Morgan fingerprint density at radius 3 is 2.23 bits per heavy atom. The van der Waals surface area contributed by atoms with Crippen LogP contribution in [-0.2, 0) is 4.79 Å². The van der Waals surface area contributed by atoms with Crippen molar-refractivity contribution in [1.82, 2.24) is 6.15 Å². The monoisotopic (exact) mass is 180 g/mol.